The van der Waals surface area contributed by atoms with Crippen LogP contribution < -0.4 is 0 Å². The number of halogens is 4. The molecule has 0 N–H and O–H groups in total. The molecule has 0 aliphatic heterocycles. The Morgan fingerprint density at radius 1 is 1.17 bits per heavy atom. The van der Waals surface area contributed by atoms with E-state index in [0.717, 1.165) is 0 Å². The standard InChI is InChI=1S/CH2Cl2.2ClH.Ni/c2-1-3;;;/h1H2;2*1H;/q;;;+2/p-2. The predicted molar refractivity (Wildman–Crippen MR) is 28.3 cm³/mol. The minimum atomic E-state index is 0.194. The van der Waals surface area contributed by atoms with E-state index in [9.17, 15) is 0 Å². The first-order valence-electron chi connectivity index (χ1n) is 0.774. The summed E-state index contributed by atoms with van der Waals surface area (Å²) in [6.07, 6.45) is 0. The molecule has 0 saturated heterocycles. The van der Waals surface area contributed by atoms with E-state index in [-0.39, 0.29) is 5.34 Å². The molecule has 0 radical (unpaired) electrons. The summed E-state index contributed by atoms with van der Waals surface area (Å²) >= 11 is 10.1. The molecule has 6 heavy (non-hydrogen) atoms. The van der Waals surface area contributed by atoms with Crippen molar-refractivity contribution in [1.82, 2.24) is 0 Å². The molecule has 0 rings (SSSR count). The Labute approximate surface area is 61.4 Å². The van der Waals surface area contributed by atoms with Gasteiger partial charge in [0, 0.05) is 0 Å². The summed E-state index contributed by atoms with van der Waals surface area (Å²) in [5.41, 5.74) is 0. The molecule has 0 aromatic carbocycles. The van der Waals surface area contributed by atoms with Gasteiger partial charge in [0.05, 0.1) is 5.34 Å². The predicted octanol–water partition coefficient (Wildman–Crippen LogP) is 2.80. The molecule has 0 saturated carbocycles. The second kappa shape index (κ2) is 15.9. The second-order valence-electron chi connectivity index (χ2n) is 0.146. The van der Waals surface area contributed by atoms with Crippen molar-refractivity contribution in [3.63, 3.8) is 0 Å². The topological polar surface area (TPSA) is 0 Å². The van der Waals surface area contributed by atoms with Crippen LogP contribution in [-0.2, 0) is 12.7 Å². The van der Waals surface area contributed by atoms with Crippen LogP contribution in [0.1, 0.15) is 0 Å². The Morgan fingerprint density at radius 3 is 1.17 bits per heavy atom. The third-order valence-electron chi connectivity index (χ3n) is 0. The van der Waals surface area contributed by atoms with Crippen molar-refractivity contribution < 1.29 is 12.7 Å². The molecule has 0 heterocycles. The Bertz CT molecular complexity index is 9.51. The third-order valence-corrected chi connectivity index (χ3v) is 0. The first-order valence-corrected chi connectivity index (χ1v) is 4.56. The summed E-state index contributed by atoms with van der Waals surface area (Å²) in [6, 6.07) is 0. The van der Waals surface area contributed by atoms with E-state index in [1.54, 1.807) is 0 Å². The van der Waals surface area contributed by atoms with E-state index in [2.05, 4.69) is 0 Å². The van der Waals surface area contributed by atoms with Crippen molar-refractivity contribution in [2.75, 3.05) is 5.34 Å². The molecule has 0 spiro atoms. The zero-order chi connectivity index (χ0) is 5.41. The van der Waals surface area contributed by atoms with E-state index >= 15 is 0 Å². The van der Waals surface area contributed by atoms with E-state index < -0.39 is 0 Å². The van der Waals surface area contributed by atoms with Crippen molar-refractivity contribution in [2.45, 2.75) is 0 Å². The van der Waals surface area contributed by atoms with E-state index in [4.69, 9.17) is 43.6 Å². The molecule has 0 amide bonds. The zero-order valence-corrected chi connectivity index (χ0v) is 6.55. The van der Waals surface area contributed by atoms with Crippen molar-refractivity contribution in [3.8, 4) is 0 Å². The summed E-state index contributed by atoms with van der Waals surface area (Å²) in [5.74, 6) is 0. The summed E-state index contributed by atoms with van der Waals surface area (Å²) in [4.78, 5) is 0. The van der Waals surface area contributed by atoms with Crippen LogP contribution in [0.2, 0.25) is 0 Å². The Morgan fingerprint density at radius 2 is 1.17 bits per heavy atom. The molecule has 0 nitrogen and oxygen atoms in total. The quantitative estimate of drug-likeness (QED) is 0.430. The van der Waals surface area contributed by atoms with Crippen LogP contribution in [0.15, 0.2) is 0 Å². The average molecular weight is 215 g/mol. The molecule has 0 atom stereocenters. The van der Waals surface area contributed by atoms with Crippen LogP contribution in [-0.4, -0.2) is 5.34 Å². The molecule has 0 fully saturated rings. The number of rotatable bonds is 0. The molecule has 0 bridgehead atoms. The fourth-order valence-corrected chi connectivity index (χ4v) is 0. The van der Waals surface area contributed by atoms with E-state index in [1.807, 2.05) is 0 Å². The molecule has 0 aromatic heterocycles. The van der Waals surface area contributed by atoms with Crippen LogP contribution in [0.3, 0.4) is 0 Å². The van der Waals surface area contributed by atoms with Gasteiger partial charge in [-0.3, -0.25) is 0 Å². The van der Waals surface area contributed by atoms with E-state index in [0.29, 0.717) is 12.7 Å². The first-order chi connectivity index (χ1) is 2.83. The maximum atomic E-state index is 4.76. The average Bonchev–Trinajstić information content (AvgIpc) is 1.39. The molecular formula is CH2Cl4Ni. The molecule has 0 aromatic rings. The van der Waals surface area contributed by atoms with Crippen LogP contribution in [0.5, 0.6) is 0 Å². The van der Waals surface area contributed by atoms with E-state index in [1.165, 1.54) is 0 Å². The van der Waals surface area contributed by atoms with Gasteiger partial charge >= 0.3 is 33.0 Å². The Balaban J connectivity index is 0. The van der Waals surface area contributed by atoms with Gasteiger partial charge in [0.15, 0.2) is 0 Å². The normalized spacial score (nSPS) is 6.67. The number of hydrogen-bond acceptors (Lipinski definition) is 0. The van der Waals surface area contributed by atoms with Gasteiger partial charge in [-0.15, -0.1) is 23.2 Å². The maximum absolute atomic E-state index is 4.76. The minimum absolute atomic E-state index is 0.194. The number of hydrogen-bond donors (Lipinski definition) is 0. The second-order valence-corrected chi connectivity index (χ2v) is 2.59. The molecule has 44 valence electrons. The van der Waals surface area contributed by atoms with Crippen LogP contribution in [0, 0.1) is 0 Å². The SMILES string of the molecule is ClCCl.[Cl][Ni][Cl]. The summed E-state index contributed by atoms with van der Waals surface area (Å²) < 4.78 is 0. The Kier molecular flexibility index (Phi) is 28.1. The van der Waals surface area contributed by atoms with Crippen molar-refractivity contribution in [2.24, 2.45) is 0 Å². The Hall–Kier alpha value is 1.65. The molecule has 5 heteroatoms. The molecular weight excluding hydrogens is 213 g/mol. The summed E-state index contributed by atoms with van der Waals surface area (Å²) in [5, 5.41) is 0.194. The fraction of sp³-hybridized carbons (Fsp3) is 1.00. The zero-order valence-electron chi connectivity index (χ0n) is 2.54. The van der Waals surface area contributed by atoms with Crippen molar-refractivity contribution >= 4 is 43.6 Å². The van der Waals surface area contributed by atoms with Crippen molar-refractivity contribution in [3.05, 3.63) is 0 Å². The van der Waals surface area contributed by atoms with Gasteiger partial charge in [-0.05, 0) is 0 Å². The van der Waals surface area contributed by atoms with Gasteiger partial charge < -0.3 is 0 Å². The summed E-state index contributed by atoms with van der Waals surface area (Å²) in [6.45, 7) is 0. The first kappa shape index (κ1) is 10.6. The van der Waals surface area contributed by atoms with Gasteiger partial charge in [-0.2, -0.15) is 0 Å². The van der Waals surface area contributed by atoms with Crippen molar-refractivity contribution in [1.29, 1.82) is 0 Å². The molecule has 0 aliphatic carbocycles. The van der Waals surface area contributed by atoms with Gasteiger partial charge in [0.25, 0.3) is 0 Å². The van der Waals surface area contributed by atoms with Gasteiger partial charge in [-0.25, -0.2) is 0 Å². The monoisotopic (exact) mass is 212 g/mol. The number of alkyl halides is 2. The van der Waals surface area contributed by atoms with Gasteiger partial charge in [0.2, 0.25) is 0 Å². The van der Waals surface area contributed by atoms with Crippen LogP contribution >= 0.6 is 43.6 Å². The van der Waals surface area contributed by atoms with Gasteiger partial charge in [0.1, 0.15) is 0 Å². The molecule has 0 unspecified atom stereocenters. The van der Waals surface area contributed by atoms with Gasteiger partial charge in [-0.1, -0.05) is 0 Å². The summed E-state index contributed by atoms with van der Waals surface area (Å²) in [7, 11) is 9.40. The molecule has 0 aliphatic rings. The van der Waals surface area contributed by atoms with Crippen LogP contribution in [0.25, 0.3) is 0 Å². The van der Waals surface area contributed by atoms with Crippen LogP contribution in [0.4, 0.5) is 0 Å². The fourth-order valence-electron chi connectivity index (χ4n) is 0. The third kappa shape index (κ3) is 44.8.